The van der Waals surface area contributed by atoms with Crippen molar-refractivity contribution >= 4 is 11.8 Å². The van der Waals surface area contributed by atoms with Gasteiger partial charge in [0.15, 0.2) is 11.9 Å². The monoisotopic (exact) mass is 220 g/mol. The van der Waals surface area contributed by atoms with Crippen LogP contribution in [0.15, 0.2) is 35.3 Å². The summed E-state index contributed by atoms with van der Waals surface area (Å²) in [6.45, 7) is 0.189. The normalized spacial score (nSPS) is 18.8. The Bertz CT molecular complexity index is 403. The second-order valence-electron chi connectivity index (χ2n) is 3.49. The van der Waals surface area contributed by atoms with Crippen molar-refractivity contribution in [2.24, 2.45) is 4.99 Å². The fourth-order valence-corrected chi connectivity index (χ4v) is 1.50. The number of amides is 1. The Morgan fingerprint density at radius 3 is 2.94 bits per heavy atom. The minimum atomic E-state index is -0.635. The highest BCUT2D eigenvalue weighted by Gasteiger charge is 2.25. The summed E-state index contributed by atoms with van der Waals surface area (Å²) in [5.74, 6) is -0.0112. The fraction of sp³-hybridized carbons (Fsp3) is 0.273. The standard InChI is InChI=1S/C11H12N2O3/c14-11(13-15)9-7-16-10(12-9)6-8-4-2-1-3-5-8/h1-5,9,15H,6-7H2,(H,13,14)/t9-/m1/s1. The molecule has 1 heterocycles. The summed E-state index contributed by atoms with van der Waals surface area (Å²) in [6.07, 6.45) is 0.566. The third kappa shape index (κ3) is 2.38. The Balaban J connectivity index is 2.00. The van der Waals surface area contributed by atoms with E-state index < -0.39 is 11.9 Å². The maximum atomic E-state index is 11.1. The van der Waals surface area contributed by atoms with Crippen LogP contribution in [-0.2, 0) is 16.0 Å². The summed E-state index contributed by atoms with van der Waals surface area (Å²) in [5.41, 5.74) is 2.64. The average molecular weight is 220 g/mol. The first-order chi connectivity index (χ1) is 7.79. The number of rotatable bonds is 3. The molecule has 5 heteroatoms. The predicted molar refractivity (Wildman–Crippen MR) is 57.3 cm³/mol. The lowest BCUT2D eigenvalue weighted by Crippen LogP contribution is -2.31. The van der Waals surface area contributed by atoms with Crippen LogP contribution in [0, 0.1) is 0 Å². The van der Waals surface area contributed by atoms with Gasteiger partial charge in [0.2, 0.25) is 0 Å². The van der Waals surface area contributed by atoms with Crippen LogP contribution >= 0.6 is 0 Å². The summed E-state index contributed by atoms with van der Waals surface area (Å²) in [7, 11) is 0. The average Bonchev–Trinajstić information content (AvgIpc) is 2.78. The highest BCUT2D eigenvalue weighted by Crippen LogP contribution is 2.09. The van der Waals surface area contributed by atoms with Crippen LogP contribution in [-0.4, -0.2) is 29.7 Å². The zero-order valence-electron chi connectivity index (χ0n) is 8.59. The first kappa shape index (κ1) is 10.6. The zero-order valence-corrected chi connectivity index (χ0v) is 8.59. The molecule has 0 fully saturated rings. The predicted octanol–water partition coefficient (Wildman–Crippen LogP) is 0.532. The van der Waals surface area contributed by atoms with Crippen molar-refractivity contribution in [3.8, 4) is 0 Å². The lowest BCUT2D eigenvalue weighted by molar-refractivity contribution is -0.130. The molecule has 0 saturated carbocycles. The van der Waals surface area contributed by atoms with Crippen LogP contribution in [0.1, 0.15) is 5.56 Å². The van der Waals surface area contributed by atoms with E-state index in [1.54, 1.807) is 5.48 Å². The molecule has 0 saturated heterocycles. The van der Waals surface area contributed by atoms with Gasteiger partial charge in [-0.25, -0.2) is 10.5 Å². The smallest absolute Gasteiger partial charge is 0.271 e. The number of hydrogen-bond donors (Lipinski definition) is 2. The van der Waals surface area contributed by atoms with Crippen LogP contribution in [0.2, 0.25) is 0 Å². The molecule has 1 atom stereocenters. The van der Waals surface area contributed by atoms with Crippen molar-refractivity contribution in [1.82, 2.24) is 5.48 Å². The summed E-state index contributed by atoms with van der Waals surface area (Å²) >= 11 is 0. The van der Waals surface area contributed by atoms with Crippen molar-refractivity contribution in [3.05, 3.63) is 35.9 Å². The van der Waals surface area contributed by atoms with Crippen molar-refractivity contribution in [1.29, 1.82) is 0 Å². The third-order valence-electron chi connectivity index (χ3n) is 2.32. The van der Waals surface area contributed by atoms with Gasteiger partial charge in [-0.2, -0.15) is 0 Å². The molecule has 1 aromatic carbocycles. The molecule has 5 nitrogen and oxygen atoms in total. The lowest BCUT2D eigenvalue weighted by atomic mass is 10.1. The number of carbonyl (C=O) groups is 1. The molecule has 1 amide bonds. The first-order valence-corrected chi connectivity index (χ1v) is 4.97. The van der Waals surface area contributed by atoms with Crippen molar-refractivity contribution in [2.45, 2.75) is 12.5 Å². The number of hydrogen-bond acceptors (Lipinski definition) is 4. The molecule has 1 aliphatic rings. The van der Waals surface area contributed by atoms with Crippen LogP contribution in [0.5, 0.6) is 0 Å². The molecular formula is C11H12N2O3. The maximum Gasteiger partial charge on any atom is 0.271 e. The minimum absolute atomic E-state index is 0.189. The number of hydroxylamine groups is 1. The molecule has 1 aliphatic heterocycles. The van der Waals surface area contributed by atoms with E-state index in [4.69, 9.17) is 9.94 Å². The molecule has 16 heavy (non-hydrogen) atoms. The van der Waals surface area contributed by atoms with Gasteiger partial charge in [0, 0.05) is 6.42 Å². The van der Waals surface area contributed by atoms with Gasteiger partial charge < -0.3 is 4.74 Å². The summed E-state index contributed by atoms with van der Waals surface area (Å²) in [5, 5.41) is 8.45. The Morgan fingerprint density at radius 2 is 2.25 bits per heavy atom. The summed E-state index contributed by atoms with van der Waals surface area (Å²) in [4.78, 5) is 15.1. The quantitative estimate of drug-likeness (QED) is 0.576. The van der Waals surface area contributed by atoms with Crippen molar-refractivity contribution in [3.63, 3.8) is 0 Å². The second kappa shape index (κ2) is 4.76. The number of nitrogens with zero attached hydrogens (tertiary/aromatic N) is 1. The van der Waals surface area contributed by atoms with E-state index in [2.05, 4.69) is 4.99 Å². The van der Waals surface area contributed by atoms with Gasteiger partial charge in [0.05, 0.1) is 0 Å². The Kier molecular flexibility index (Phi) is 3.16. The molecule has 0 radical (unpaired) electrons. The Morgan fingerprint density at radius 1 is 1.50 bits per heavy atom. The fourth-order valence-electron chi connectivity index (χ4n) is 1.50. The molecule has 0 spiro atoms. The number of benzene rings is 1. The number of aliphatic imine (C=N–C) groups is 1. The summed E-state index contributed by atoms with van der Waals surface area (Å²) in [6, 6.07) is 9.09. The Labute approximate surface area is 92.7 Å². The highest BCUT2D eigenvalue weighted by molar-refractivity contribution is 5.88. The Hall–Kier alpha value is -1.88. The van der Waals surface area contributed by atoms with Gasteiger partial charge in [0.25, 0.3) is 5.91 Å². The van der Waals surface area contributed by atoms with Crippen molar-refractivity contribution in [2.75, 3.05) is 6.61 Å². The van der Waals surface area contributed by atoms with E-state index in [-0.39, 0.29) is 6.61 Å². The third-order valence-corrected chi connectivity index (χ3v) is 2.32. The SMILES string of the molecule is O=C(NO)[C@H]1COC(Cc2ccccc2)=N1. The van der Waals surface area contributed by atoms with E-state index in [1.165, 1.54) is 0 Å². The van der Waals surface area contributed by atoms with Crippen LogP contribution < -0.4 is 5.48 Å². The minimum Gasteiger partial charge on any atom is -0.478 e. The van der Waals surface area contributed by atoms with Gasteiger partial charge in [-0.15, -0.1) is 0 Å². The van der Waals surface area contributed by atoms with E-state index in [0.29, 0.717) is 12.3 Å². The van der Waals surface area contributed by atoms with Gasteiger partial charge in [-0.1, -0.05) is 30.3 Å². The van der Waals surface area contributed by atoms with Crippen molar-refractivity contribution < 1.29 is 14.7 Å². The molecule has 1 aromatic rings. The highest BCUT2D eigenvalue weighted by atomic mass is 16.5. The first-order valence-electron chi connectivity index (χ1n) is 4.97. The van der Waals surface area contributed by atoms with Crippen LogP contribution in [0.25, 0.3) is 0 Å². The molecule has 2 N–H and O–H groups in total. The lowest BCUT2D eigenvalue weighted by Gasteiger charge is -2.00. The number of carbonyl (C=O) groups excluding carboxylic acids is 1. The van der Waals surface area contributed by atoms with Gasteiger partial charge in [-0.3, -0.25) is 10.0 Å². The molecule has 0 bridgehead atoms. The van der Waals surface area contributed by atoms with Gasteiger partial charge in [0.1, 0.15) is 6.61 Å². The van der Waals surface area contributed by atoms with E-state index in [9.17, 15) is 4.79 Å². The number of ether oxygens (including phenoxy) is 1. The van der Waals surface area contributed by atoms with Gasteiger partial charge >= 0.3 is 0 Å². The molecule has 0 aromatic heterocycles. The molecule has 2 rings (SSSR count). The van der Waals surface area contributed by atoms with E-state index in [0.717, 1.165) is 5.56 Å². The second-order valence-corrected chi connectivity index (χ2v) is 3.49. The molecular weight excluding hydrogens is 208 g/mol. The van der Waals surface area contributed by atoms with Crippen LogP contribution in [0.3, 0.4) is 0 Å². The van der Waals surface area contributed by atoms with Crippen LogP contribution in [0.4, 0.5) is 0 Å². The van der Waals surface area contributed by atoms with Gasteiger partial charge in [-0.05, 0) is 5.56 Å². The van der Waals surface area contributed by atoms with E-state index in [1.807, 2.05) is 30.3 Å². The molecule has 84 valence electrons. The topological polar surface area (TPSA) is 70.9 Å². The maximum absolute atomic E-state index is 11.1. The molecule has 0 unspecified atom stereocenters. The largest absolute Gasteiger partial charge is 0.478 e. The summed E-state index contributed by atoms with van der Waals surface area (Å²) < 4.78 is 5.27. The zero-order chi connectivity index (χ0) is 11.4. The molecule has 0 aliphatic carbocycles. The number of nitrogens with one attached hydrogen (secondary N) is 1. The van der Waals surface area contributed by atoms with E-state index >= 15 is 0 Å².